The van der Waals surface area contributed by atoms with Gasteiger partial charge in [-0.1, -0.05) is 37.3 Å². The summed E-state index contributed by atoms with van der Waals surface area (Å²) in [6.45, 7) is 7.55. The summed E-state index contributed by atoms with van der Waals surface area (Å²) in [7, 11) is 0. The molecule has 2 N–H and O–H groups in total. The zero-order valence-electron chi connectivity index (χ0n) is 14.9. The molecule has 0 fully saturated rings. The molecule has 136 valence electrons. The molecule has 0 bridgehead atoms. The van der Waals surface area contributed by atoms with Gasteiger partial charge >= 0.3 is 0 Å². The monoisotopic (exact) mass is 454 g/mol. The van der Waals surface area contributed by atoms with Crippen molar-refractivity contribution in [2.24, 2.45) is 4.99 Å². The van der Waals surface area contributed by atoms with Gasteiger partial charge in [-0.25, -0.2) is 4.99 Å². The van der Waals surface area contributed by atoms with Gasteiger partial charge in [-0.05, 0) is 24.8 Å². The number of halogens is 1. The summed E-state index contributed by atoms with van der Waals surface area (Å²) in [5, 5.41) is 15.2. The van der Waals surface area contributed by atoms with Gasteiger partial charge in [0.05, 0.1) is 0 Å². The summed E-state index contributed by atoms with van der Waals surface area (Å²) in [6.07, 6.45) is 2.19. The van der Waals surface area contributed by atoms with Gasteiger partial charge in [0, 0.05) is 26.1 Å². The number of hydrogen-bond acceptors (Lipinski definition) is 3. The van der Waals surface area contributed by atoms with Crippen molar-refractivity contribution < 1.29 is 0 Å². The Morgan fingerprint density at radius 3 is 2.80 bits per heavy atom. The average molecular weight is 454 g/mol. The van der Waals surface area contributed by atoms with Crippen LogP contribution in [0.2, 0.25) is 0 Å². The normalized spacial score (nSPS) is 14.6. The number of aromatic nitrogens is 3. The number of aryl methyl sites for hydroxylation is 1. The van der Waals surface area contributed by atoms with Crippen molar-refractivity contribution in [2.75, 3.05) is 13.1 Å². The molecule has 2 aromatic rings. The van der Waals surface area contributed by atoms with E-state index in [-0.39, 0.29) is 24.0 Å². The van der Waals surface area contributed by atoms with Gasteiger partial charge in [-0.15, -0.1) is 34.2 Å². The lowest BCUT2D eigenvalue weighted by Gasteiger charge is -2.16. The number of hydrogen-bond donors (Lipinski definition) is 2. The molecule has 25 heavy (non-hydrogen) atoms. The number of nitrogens with one attached hydrogen (secondary N) is 2. The van der Waals surface area contributed by atoms with Crippen molar-refractivity contribution in [2.45, 2.75) is 45.7 Å². The first-order valence-electron chi connectivity index (χ1n) is 8.76. The fourth-order valence-corrected chi connectivity index (χ4v) is 2.97. The second-order valence-corrected chi connectivity index (χ2v) is 6.18. The molecular formula is C18H27IN6. The lowest BCUT2D eigenvalue weighted by molar-refractivity contribution is 0.676. The Bertz CT molecular complexity index is 682. The zero-order chi connectivity index (χ0) is 16.8. The lowest BCUT2D eigenvalue weighted by Crippen LogP contribution is -2.39. The Morgan fingerprint density at radius 2 is 2.04 bits per heavy atom. The van der Waals surface area contributed by atoms with Crippen LogP contribution < -0.4 is 10.6 Å². The van der Waals surface area contributed by atoms with Crippen molar-refractivity contribution in [1.82, 2.24) is 25.4 Å². The van der Waals surface area contributed by atoms with Gasteiger partial charge < -0.3 is 15.2 Å². The molecule has 1 aliphatic heterocycles. The summed E-state index contributed by atoms with van der Waals surface area (Å²) < 4.78 is 2.19. The van der Waals surface area contributed by atoms with Crippen molar-refractivity contribution in [3.05, 3.63) is 47.5 Å². The van der Waals surface area contributed by atoms with Crippen LogP contribution in [0.25, 0.3) is 0 Å². The highest BCUT2D eigenvalue weighted by Crippen LogP contribution is 2.15. The minimum absolute atomic E-state index is 0. The topological polar surface area (TPSA) is 67.1 Å². The van der Waals surface area contributed by atoms with Crippen molar-refractivity contribution in [3.63, 3.8) is 0 Å². The van der Waals surface area contributed by atoms with Crippen LogP contribution in [0.3, 0.4) is 0 Å². The predicted octanol–water partition coefficient (Wildman–Crippen LogP) is 2.70. The third-order valence-corrected chi connectivity index (χ3v) is 4.35. The van der Waals surface area contributed by atoms with Crippen LogP contribution in [0.4, 0.5) is 0 Å². The van der Waals surface area contributed by atoms with E-state index in [1.165, 1.54) is 5.56 Å². The van der Waals surface area contributed by atoms with E-state index < -0.39 is 0 Å². The van der Waals surface area contributed by atoms with Gasteiger partial charge in [0.25, 0.3) is 0 Å². The first-order chi connectivity index (χ1) is 11.8. The third-order valence-electron chi connectivity index (χ3n) is 4.35. The molecule has 0 radical (unpaired) electrons. The largest absolute Gasteiger partial charge is 0.357 e. The number of rotatable bonds is 6. The Labute approximate surface area is 166 Å². The number of nitrogens with zero attached hydrogens (tertiary/aromatic N) is 4. The fraction of sp³-hybridized carbons (Fsp3) is 0.500. The molecule has 1 aromatic heterocycles. The van der Waals surface area contributed by atoms with E-state index in [1.807, 2.05) is 6.07 Å². The van der Waals surface area contributed by atoms with Gasteiger partial charge in [-0.3, -0.25) is 0 Å². The zero-order valence-corrected chi connectivity index (χ0v) is 17.2. The molecule has 0 saturated heterocycles. The molecule has 1 atom stereocenters. The average Bonchev–Trinajstić information content (AvgIpc) is 3.22. The minimum atomic E-state index is 0. The molecule has 1 unspecified atom stereocenters. The molecule has 6 nitrogen and oxygen atoms in total. The summed E-state index contributed by atoms with van der Waals surface area (Å²) in [5.74, 6) is 3.30. The van der Waals surface area contributed by atoms with Crippen LogP contribution in [0.1, 0.15) is 43.4 Å². The molecule has 7 heteroatoms. The molecule has 1 aromatic carbocycles. The number of guanidine groups is 1. The first-order valence-corrected chi connectivity index (χ1v) is 8.76. The summed E-state index contributed by atoms with van der Waals surface area (Å²) in [4.78, 5) is 4.67. The van der Waals surface area contributed by atoms with Gasteiger partial charge in [-0.2, -0.15) is 0 Å². The van der Waals surface area contributed by atoms with E-state index >= 15 is 0 Å². The minimum Gasteiger partial charge on any atom is -0.357 e. The third kappa shape index (κ3) is 5.17. The number of fused-ring (bicyclic) bond motifs is 1. The lowest BCUT2D eigenvalue weighted by atomic mass is 10.0. The maximum absolute atomic E-state index is 4.67. The van der Waals surface area contributed by atoms with E-state index in [9.17, 15) is 0 Å². The molecule has 3 rings (SSSR count). The molecule has 0 amide bonds. The standard InChI is InChI=1S/C18H26N6.HI/c1-3-19-18(20-12-14(2)15-8-5-4-6-9-15)21-13-17-23-22-16-10-7-11-24(16)17;/h4-6,8-9,14H,3,7,10-13H2,1-2H3,(H2,19,20,21);1H. The van der Waals surface area contributed by atoms with Crippen molar-refractivity contribution >= 4 is 29.9 Å². The van der Waals surface area contributed by atoms with Crippen LogP contribution in [0.15, 0.2) is 35.3 Å². The smallest absolute Gasteiger partial charge is 0.191 e. The fourth-order valence-electron chi connectivity index (χ4n) is 2.97. The molecule has 1 aliphatic rings. The number of benzene rings is 1. The summed E-state index contributed by atoms with van der Waals surface area (Å²) in [6, 6.07) is 10.5. The first kappa shape index (κ1) is 19.7. The van der Waals surface area contributed by atoms with Gasteiger partial charge in [0.15, 0.2) is 11.8 Å². The van der Waals surface area contributed by atoms with E-state index in [1.54, 1.807) is 0 Å². The maximum Gasteiger partial charge on any atom is 0.191 e. The van der Waals surface area contributed by atoms with Crippen LogP contribution in [0.5, 0.6) is 0 Å². The highest BCUT2D eigenvalue weighted by Gasteiger charge is 2.16. The molecule has 0 saturated carbocycles. The summed E-state index contributed by atoms with van der Waals surface area (Å²) >= 11 is 0. The maximum atomic E-state index is 4.67. The van der Waals surface area contributed by atoms with E-state index in [4.69, 9.17) is 0 Å². The molecule has 2 heterocycles. The van der Waals surface area contributed by atoms with Crippen LogP contribution in [-0.2, 0) is 19.5 Å². The van der Waals surface area contributed by atoms with Crippen molar-refractivity contribution in [1.29, 1.82) is 0 Å². The molecular weight excluding hydrogens is 427 g/mol. The number of aliphatic imine (C=N–C) groups is 1. The Morgan fingerprint density at radius 1 is 1.24 bits per heavy atom. The van der Waals surface area contributed by atoms with Gasteiger partial charge in [0.1, 0.15) is 12.4 Å². The molecule has 0 spiro atoms. The Kier molecular flexibility index (Phi) is 7.67. The van der Waals surface area contributed by atoms with Gasteiger partial charge in [0.2, 0.25) is 0 Å². The van der Waals surface area contributed by atoms with Crippen LogP contribution in [0, 0.1) is 0 Å². The second kappa shape index (κ2) is 9.74. The second-order valence-electron chi connectivity index (χ2n) is 6.18. The highest BCUT2D eigenvalue weighted by molar-refractivity contribution is 14.0. The SMILES string of the molecule is CCNC(=NCc1nnc2n1CCC2)NCC(C)c1ccccc1.I. The quantitative estimate of drug-likeness (QED) is 0.400. The van der Waals surface area contributed by atoms with E-state index in [0.717, 1.165) is 50.1 Å². The Balaban J connectivity index is 0.00000225. The highest BCUT2D eigenvalue weighted by atomic mass is 127. The van der Waals surface area contributed by atoms with Crippen molar-refractivity contribution in [3.8, 4) is 0 Å². The molecule has 0 aliphatic carbocycles. The van der Waals surface area contributed by atoms with E-state index in [2.05, 4.69) is 68.5 Å². The van der Waals surface area contributed by atoms with Crippen LogP contribution >= 0.6 is 24.0 Å². The Hall–Kier alpha value is -1.64. The van der Waals surface area contributed by atoms with E-state index in [0.29, 0.717) is 12.5 Å². The predicted molar refractivity (Wildman–Crippen MR) is 111 cm³/mol. The van der Waals surface area contributed by atoms with Crippen LogP contribution in [-0.4, -0.2) is 33.8 Å². The summed E-state index contributed by atoms with van der Waals surface area (Å²) in [5.41, 5.74) is 1.33.